The molecule has 2 aliphatic heterocycles. The van der Waals surface area contributed by atoms with Gasteiger partial charge in [-0.1, -0.05) is 29.3 Å². The molecule has 0 unspecified atom stereocenters. The first-order chi connectivity index (χ1) is 8.58. The molecule has 3 rings (SSSR count). The van der Waals surface area contributed by atoms with E-state index in [0.29, 0.717) is 22.9 Å². The number of benzene rings is 1. The summed E-state index contributed by atoms with van der Waals surface area (Å²) in [6.07, 6.45) is 1.60. The van der Waals surface area contributed by atoms with Crippen LogP contribution in [0.5, 0.6) is 0 Å². The normalized spacial score (nSPS) is 26.9. The standard InChI is InChI=1S/C13H11Cl2NO2/c14-9-2-1-7(5-10(9)15)8-6-13(18)16-11(8)3-4-12(16)17/h1-2,5,8,11H,3-4,6H2/t8-,11-/m0/s1. The van der Waals surface area contributed by atoms with E-state index in [4.69, 9.17) is 23.2 Å². The second-order valence-electron chi connectivity index (χ2n) is 4.75. The summed E-state index contributed by atoms with van der Waals surface area (Å²) in [4.78, 5) is 24.9. The maximum Gasteiger partial charge on any atom is 0.230 e. The van der Waals surface area contributed by atoms with Gasteiger partial charge in [0.2, 0.25) is 11.8 Å². The van der Waals surface area contributed by atoms with Crippen LogP contribution in [0.25, 0.3) is 0 Å². The highest BCUT2D eigenvalue weighted by molar-refractivity contribution is 6.42. The van der Waals surface area contributed by atoms with Gasteiger partial charge in [-0.15, -0.1) is 0 Å². The van der Waals surface area contributed by atoms with E-state index in [1.54, 1.807) is 12.1 Å². The summed E-state index contributed by atoms with van der Waals surface area (Å²) in [7, 11) is 0. The van der Waals surface area contributed by atoms with E-state index in [2.05, 4.69) is 0 Å². The van der Waals surface area contributed by atoms with Crippen LogP contribution < -0.4 is 0 Å². The molecule has 2 amide bonds. The van der Waals surface area contributed by atoms with E-state index in [1.807, 2.05) is 6.07 Å². The van der Waals surface area contributed by atoms with Gasteiger partial charge in [0, 0.05) is 24.8 Å². The molecule has 3 nitrogen and oxygen atoms in total. The Morgan fingerprint density at radius 3 is 2.61 bits per heavy atom. The summed E-state index contributed by atoms with van der Waals surface area (Å²) in [5.41, 5.74) is 0.986. The molecular formula is C13H11Cl2NO2. The fraction of sp³-hybridized carbons (Fsp3) is 0.385. The van der Waals surface area contributed by atoms with Crippen LogP contribution in [0.4, 0.5) is 0 Å². The van der Waals surface area contributed by atoms with Crippen LogP contribution in [0.2, 0.25) is 10.0 Å². The summed E-state index contributed by atoms with van der Waals surface area (Å²) in [6.45, 7) is 0. The van der Waals surface area contributed by atoms with Gasteiger partial charge in [-0.25, -0.2) is 0 Å². The van der Waals surface area contributed by atoms with Crippen molar-refractivity contribution < 1.29 is 9.59 Å². The average molecular weight is 284 g/mol. The van der Waals surface area contributed by atoms with Crippen molar-refractivity contribution in [3.8, 4) is 0 Å². The summed E-state index contributed by atoms with van der Waals surface area (Å²) in [5.74, 6) is -0.0650. The Hall–Kier alpha value is -1.06. The molecule has 0 saturated carbocycles. The van der Waals surface area contributed by atoms with Crippen molar-refractivity contribution in [1.82, 2.24) is 4.90 Å². The van der Waals surface area contributed by atoms with E-state index in [9.17, 15) is 9.59 Å². The van der Waals surface area contributed by atoms with Crippen molar-refractivity contribution >= 4 is 35.0 Å². The quantitative estimate of drug-likeness (QED) is 0.743. The largest absolute Gasteiger partial charge is 0.279 e. The molecular weight excluding hydrogens is 273 g/mol. The molecule has 2 fully saturated rings. The monoisotopic (exact) mass is 283 g/mol. The van der Waals surface area contributed by atoms with Crippen LogP contribution >= 0.6 is 23.2 Å². The Labute approximate surface area is 115 Å². The summed E-state index contributed by atoms with van der Waals surface area (Å²) in [6, 6.07) is 5.43. The number of halogens is 2. The highest BCUT2D eigenvalue weighted by Crippen LogP contribution is 2.41. The number of hydrogen-bond acceptors (Lipinski definition) is 2. The molecule has 0 spiro atoms. The predicted octanol–water partition coefficient (Wildman–Crippen LogP) is 3.00. The number of rotatable bonds is 1. The summed E-state index contributed by atoms with van der Waals surface area (Å²) >= 11 is 11.9. The van der Waals surface area contributed by atoms with Gasteiger partial charge >= 0.3 is 0 Å². The zero-order valence-electron chi connectivity index (χ0n) is 9.53. The Morgan fingerprint density at radius 1 is 1.11 bits per heavy atom. The average Bonchev–Trinajstić information content (AvgIpc) is 2.86. The number of nitrogens with zero attached hydrogens (tertiary/aromatic N) is 1. The molecule has 2 saturated heterocycles. The minimum absolute atomic E-state index is 0.00208. The third kappa shape index (κ3) is 1.73. The van der Waals surface area contributed by atoms with Crippen LogP contribution in [0.1, 0.15) is 30.7 Å². The van der Waals surface area contributed by atoms with Gasteiger partial charge in [0.05, 0.1) is 10.0 Å². The summed E-state index contributed by atoms with van der Waals surface area (Å²) in [5, 5.41) is 0.994. The lowest BCUT2D eigenvalue weighted by molar-refractivity contribution is -0.140. The number of fused-ring (bicyclic) bond motifs is 1. The molecule has 0 bridgehead atoms. The highest BCUT2D eigenvalue weighted by atomic mass is 35.5. The van der Waals surface area contributed by atoms with E-state index in [0.717, 1.165) is 12.0 Å². The lowest BCUT2D eigenvalue weighted by atomic mass is 9.90. The van der Waals surface area contributed by atoms with Gasteiger partial charge in [0.25, 0.3) is 0 Å². The number of carbonyl (C=O) groups is 2. The third-order valence-corrected chi connectivity index (χ3v) is 4.49. The van der Waals surface area contributed by atoms with Crippen LogP contribution in [-0.4, -0.2) is 22.8 Å². The van der Waals surface area contributed by atoms with Crippen molar-refractivity contribution in [2.24, 2.45) is 0 Å². The first-order valence-corrected chi connectivity index (χ1v) is 6.63. The minimum Gasteiger partial charge on any atom is -0.279 e. The third-order valence-electron chi connectivity index (χ3n) is 3.75. The van der Waals surface area contributed by atoms with Crippen LogP contribution in [0.3, 0.4) is 0 Å². The number of hydrogen-bond donors (Lipinski definition) is 0. The molecule has 18 heavy (non-hydrogen) atoms. The van der Waals surface area contributed by atoms with E-state index in [1.165, 1.54) is 4.90 Å². The first-order valence-electron chi connectivity index (χ1n) is 5.88. The molecule has 0 aromatic heterocycles. The van der Waals surface area contributed by atoms with Gasteiger partial charge in [-0.3, -0.25) is 14.5 Å². The van der Waals surface area contributed by atoms with E-state index < -0.39 is 0 Å². The van der Waals surface area contributed by atoms with Gasteiger partial charge in [-0.05, 0) is 24.1 Å². The van der Waals surface area contributed by atoms with Crippen LogP contribution in [0, 0.1) is 0 Å². The van der Waals surface area contributed by atoms with Gasteiger partial charge in [0.1, 0.15) is 0 Å². The molecule has 1 aromatic rings. The lowest BCUT2D eigenvalue weighted by Gasteiger charge is -2.19. The maximum atomic E-state index is 11.8. The fourth-order valence-corrected chi connectivity index (χ4v) is 3.22. The van der Waals surface area contributed by atoms with Gasteiger partial charge < -0.3 is 0 Å². The molecule has 0 N–H and O–H groups in total. The second-order valence-corrected chi connectivity index (χ2v) is 5.56. The first kappa shape index (κ1) is 12.0. The van der Waals surface area contributed by atoms with Gasteiger partial charge in [-0.2, -0.15) is 0 Å². The Balaban J connectivity index is 1.96. The van der Waals surface area contributed by atoms with Crippen LogP contribution in [-0.2, 0) is 9.59 Å². The molecule has 94 valence electrons. The minimum atomic E-state index is -0.0708. The number of carbonyl (C=O) groups excluding carboxylic acids is 2. The number of imide groups is 1. The molecule has 2 heterocycles. The van der Waals surface area contributed by atoms with Crippen molar-refractivity contribution in [3.05, 3.63) is 33.8 Å². The van der Waals surface area contributed by atoms with Crippen molar-refractivity contribution in [1.29, 1.82) is 0 Å². The second kappa shape index (κ2) is 4.25. The highest BCUT2D eigenvalue weighted by Gasteiger charge is 2.47. The molecule has 0 radical (unpaired) electrons. The van der Waals surface area contributed by atoms with Crippen LogP contribution in [0.15, 0.2) is 18.2 Å². The summed E-state index contributed by atoms with van der Waals surface area (Å²) < 4.78 is 0. The van der Waals surface area contributed by atoms with Crippen molar-refractivity contribution in [3.63, 3.8) is 0 Å². The maximum absolute atomic E-state index is 11.8. The smallest absolute Gasteiger partial charge is 0.230 e. The van der Waals surface area contributed by atoms with Gasteiger partial charge in [0.15, 0.2) is 0 Å². The fourth-order valence-electron chi connectivity index (χ4n) is 2.92. The molecule has 2 aliphatic rings. The lowest BCUT2D eigenvalue weighted by Crippen LogP contribution is -2.32. The Kier molecular flexibility index (Phi) is 2.83. The SMILES string of the molecule is O=C1CC[C@H]2[C@H](c3ccc(Cl)c(Cl)c3)CC(=O)N12. The molecule has 2 atom stereocenters. The van der Waals surface area contributed by atoms with E-state index in [-0.39, 0.29) is 23.8 Å². The van der Waals surface area contributed by atoms with E-state index >= 15 is 0 Å². The number of amides is 2. The molecule has 1 aromatic carbocycles. The van der Waals surface area contributed by atoms with Crippen molar-refractivity contribution in [2.45, 2.75) is 31.2 Å². The zero-order chi connectivity index (χ0) is 12.9. The molecule has 5 heteroatoms. The van der Waals surface area contributed by atoms with Crippen molar-refractivity contribution in [2.75, 3.05) is 0 Å². The molecule has 0 aliphatic carbocycles. The zero-order valence-corrected chi connectivity index (χ0v) is 11.0. The topological polar surface area (TPSA) is 37.4 Å². The Bertz CT molecular complexity index is 544. The predicted molar refractivity (Wildman–Crippen MR) is 68.7 cm³/mol. The Morgan fingerprint density at radius 2 is 1.89 bits per heavy atom.